The number of hydrogen-bond donors (Lipinski definition) is 7. The van der Waals surface area contributed by atoms with Crippen molar-refractivity contribution >= 4 is 94.4 Å². The second-order valence-corrected chi connectivity index (χ2v) is 31.7. The molecule has 0 radical (unpaired) electrons. The predicted molar refractivity (Wildman–Crippen MR) is 438 cm³/mol. The molecule has 18 unspecified atom stereocenters. The van der Waals surface area contributed by atoms with Crippen LogP contribution in [0.1, 0.15) is 184 Å². The van der Waals surface area contributed by atoms with Crippen molar-refractivity contribution in [2.45, 2.75) is 200 Å². The summed E-state index contributed by atoms with van der Waals surface area (Å²) < 4.78 is 45.7. The first-order valence-corrected chi connectivity index (χ1v) is 41.9. The summed E-state index contributed by atoms with van der Waals surface area (Å²) in [6.07, 6.45) is -4.18. The van der Waals surface area contributed by atoms with Gasteiger partial charge in [-0.25, -0.2) is 0 Å². The van der Waals surface area contributed by atoms with Crippen molar-refractivity contribution in [3.05, 3.63) is 59.7 Å². The molecule has 3 aliphatic heterocycles. The number of carboxylic acid groups (broad SMARTS) is 3. The van der Waals surface area contributed by atoms with E-state index in [1.807, 2.05) is 64.0 Å². The SMILES string of the molecule is CCCCNC(=O)C(C(CCC1C(=O)N(CCCC)C(=O)C1CC(CCC1C(=O)N(CCCNC(=O)c2ccc(N(C)C)cc2)C(=O)C1CC(CCC(C(=O)O)C(C(=O)NCCCNC(=O)c1ccc(N(C)C)cc1)C(CC)OC)OC)OC)OC)C(CCC(OC)C(C(=O)OCC)C(CCC(CC1C(=O)OC(=O)C1C)OC)C(=O)O)C(=O)O. The van der Waals surface area contributed by atoms with E-state index in [0.29, 0.717) is 43.2 Å². The molecule has 666 valence electrons. The van der Waals surface area contributed by atoms with Gasteiger partial charge in [0.05, 0.1) is 114 Å². The molecule has 3 heterocycles. The topological polar surface area (TPSA) is 435 Å². The lowest BCUT2D eigenvalue weighted by Gasteiger charge is -2.33. The first-order valence-electron chi connectivity index (χ1n) is 41.9. The van der Waals surface area contributed by atoms with Crippen LogP contribution in [0.5, 0.6) is 0 Å². The Bertz CT molecular complexity index is 3650. The molecule has 33 heteroatoms. The number of hydrogen-bond acceptors (Lipinski definition) is 24. The molecule has 5 rings (SSSR count). The van der Waals surface area contributed by atoms with Gasteiger partial charge in [0.15, 0.2) is 0 Å². The van der Waals surface area contributed by atoms with Crippen LogP contribution in [0.2, 0.25) is 0 Å². The molecule has 3 saturated heterocycles. The van der Waals surface area contributed by atoms with Gasteiger partial charge in [-0.3, -0.25) is 76.9 Å². The van der Waals surface area contributed by atoms with Gasteiger partial charge in [-0.2, -0.15) is 0 Å². The Hall–Kier alpha value is -9.02. The number of carboxylic acids is 3. The van der Waals surface area contributed by atoms with Gasteiger partial charge in [0.2, 0.25) is 35.4 Å². The maximum atomic E-state index is 15.0. The summed E-state index contributed by atoms with van der Waals surface area (Å²) in [6, 6.07) is 14.0. The average molecular weight is 1680 g/mol. The van der Waals surface area contributed by atoms with Crippen molar-refractivity contribution in [3.63, 3.8) is 0 Å². The van der Waals surface area contributed by atoms with Crippen LogP contribution in [-0.2, 0) is 95.4 Å². The van der Waals surface area contributed by atoms with E-state index in [2.05, 4.69) is 21.3 Å². The smallest absolute Gasteiger partial charge is 0.317 e. The Morgan fingerprint density at radius 3 is 1.21 bits per heavy atom. The number of aliphatic carboxylic acids is 3. The Morgan fingerprint density at radius 2 is 0.807 bits per heavy atom. The molecule has 2 aromatic carbocycles. The van der Waals surface area contributed by atoms with Crippen LogP contribution in [0, 0.1) is 71.0 Å². The number of nitrogens with one attached hydrogen (secondary N) is 4. The molecule has 3 aliphatic rings. The van der Waals surface area contributed by atoms with E-state index in [0.717, 1.165) is 16.3 Å². The van der Waals surface area contributed by atoms with Gasteiger partial charge in [-0.1, -0.05) is 40.5 Å². The zero-order chi connectivity index (χ0) is 88.3. The van der Waals surface area contributed by atoms with Crippen LogP contribution in [0.4, 0.5) is 11.4 Å². The highest BCUT2D eigenvalue weighted by Gasteiger charge is 2.53. The number of rotatable bonds is 59. The van der Waals surface area contributed by atoms with Crippen LogP contribution >= 0.6 is 0 Å². The number of unbranched alkanes of at least 4 members (excludes halogenated alkanes) is 2. The minimum absolute atomic E-state index is 0.00868. The molecule has 2 aromatic rings. The van der Waals surface area contributed by atoms with Crippen molar-refractivity contribution in [3.8, 4) is 0 Å². The number of carbonyl (C=O) groups is 14. The first kappa shape index (κ1) is 101. The summed E-state index contributed by atoms with van der Waals surface area (Å²) in [5, 5.41) is 44.4. The fourth-order valence-electron chi connectivity index (χ4n) is 16.7. The highest BCUT2D eigenvalue weighted by Crippen LogP contribution is 2.42. The van der Waals surface area contributed by atoms with Crippen molar-refractivity contribution in [1.29, 1.82) is 0 Å². The van der Waals surface area contributed by atoms with E-state index in [1.165, 1.54) is 61.4 Å². The van der Waals surface area contributed by atoms with Crippen LogP contribution in [0.15, 0.2) is 48.5 Å². The average Bonchev–Trinajstić information content (AvgIpc) is 1.65. The zero-order valence-corrected chi connectivity index (χ0v) is 72.2. The van der Waals surface area contributed by atoms with Crippen molar-refractivity contribution < 1.29 is 120 Å². The maximum Gasteiger partial charge on any atom is 0.317 e. The Labute approximate surface area is 699 Å². The standard InChI is InChI=1S/C86H132N8O25/c1-16-20-42-89-76(98)71(62(82(105)106)39-41-69(117-15)72(86(111)118-19-4)63(83(107)108)37-34-56(112-10)48-64-51(5)84(109)119-85(64)110)68(116-14)40-38-60-66(79(101)93(78(60)100)46-21-17-2)49-57(113-11)32-35-59-65(80(102)94(77(59)99)47-23-45-88-74(96)53-26-30-55(31-27-53)92(8)9)50-58(114-12)33-36-61(81(103)104)70(67(18-3)115-13)75(97)90-44-22-43-87-73(95)52-24-28-54(29-25-52)91(6)7/h24-31,51,56-72H,16-23,32-50H2,1-15H3,(H,87,95)(H,88,96)(H,89,98)(H,90,97)(H,103,104)(H,105,106)(H,107,108). The number of amides is 8. The number of methoxy groups -OCH3 is 6. The second kappa shape index (κ2) is 50.9. The number of cyclic esters (lactones) is 2. The predicted octanol–water partition coefficient (Wildman–Crippen LogP) is 7.21. The van der Waals surface area contributed by atoms with Crippen molar-refractivity contribution in [2.24, 2.45) is 71.0 Å². The number of anilines is 2. The van der Waals surface area contributed by atoms with Crippen LogP contribution < -0.4 is 31.1 Å². The van der Waals surface area contributed by atoms with E-state index in [4.69, 9.17) is 37.9 Å². The fourth-order valence-corrected chi connectivity index (χ4v) is 16.7. The Kier molecular flexibility index (Phi) is 43.0. The zero-order valence-electron chi connectivity index (χ0n) is 72.2. The van der Waals surface area contributed by atoms with Gasteiger partial charge < -0.3 is 84.3 Å². The lowest BCUT2D eigenvalue weighted by molar-refractivity contribution is -0.165. The van der Waals surface area contributed by atoms with Gasteiger partial charge in [0.1, 0.15) is 0 Å². The molecule has 8 amide bonds. The number of imide groups is 2. The van der Waals surface area contributed by atoms with Gasteiger partial charge in [0.25, 0.3) is 11.8 Å². The van der Waals surface area contributed by atoms with Gasteiger partial charge in [-0.15, -0.1) is 0 Å². The van der Waals surface area contributed by atoms with Gasteiger partial charge in [0, 0.05) is 133 Å². The minimum atomic E-state index is -1.60. The van der Waals surface area contributed by atoms with Crippen molar-refractivity contribution in [1.82, 2.24) is 31.1 Å². The number of carbonyl (C=O) groups excluding carboxylic acids is 11. The molecule has 18 atom stereocenters. The van der Waals surface area contributed by atoms with E-state index in [9.17, 15) is 82.4 Å². The monoisotopic (exact) mass is 1680 g/mol. The minimum Gasteiger partial charge on any atom is -0.481 e. The molecule has 33 nitrogen and oxygen atoms in total. The summed E-state index contributed by atoms with van der Waals surface area (Å²) in [7, 11) is 15.6. The first-order chi connectivity index (χ1) is 56.8. The largest absolute Gasteiger partial charge is 0.481 e. The third-order valence-electron chi connectivity index (χ3n) is 23.8. The summed E-state index contributed by atoms with van der Waals surface area (Å²) >= 11 is 0. The molecule has 3 fully saturated rings. The lowest BCUT2D eigenvalue weighted by atomic mass is 9.76. The fraction of sp³-hybridized carbons (Fsp3) is 0.698. The number of ether oxygens (including phenoxy) is 8. The number of benzene rings is 2. The summed E-state index contributed by atoms with van der Waals surface area (Å²) in [5.41, 5.74) is 2.65. The number of nitrogens with zero attached hydrogens (tertiary/aromatic N) is 4. The van der Waals surface area contributed by atoms with Crippen LogP contribution in [0.3, 0.4) is 0 Å². The number of esters is 3. The molecule has 7 N–H and O–H groups in total. The summed E-state index contributed by atoms with van der Waals surface area (Å²) in [5.74, 6) is -25.1. The van der Waals surface area contributed by atoms with Crippen LogP contribution in [-0.4, -0.2) is 262 Å². The van der Waals surface area contributed by atoms with E-state index >= 15 is 0 Å². The normalized spacial score (nSPS) is 20.4. The van der Waals surface area contributed by atoms with Gasteiger partial charge in [-0.05, 0) is 171 Å². The molecular formula is C86H132N8O25. The molecule has 0 aliphatic carbocycles. The summed E-state index contributed by atoms with van der Waals surface area (Å²) in [4.78, 5) is 200. The van der Waals surface area contributed by atoms with E-state index in [-0.39, 0.29) is 154 Å². The second-order valence-electron chi connectivity index (χ2n) is 31.7. The molecule has 119 heavy (non-hydrogen) atoms. The van der Waals surface area contributed by atoms with Crippen LogP contribution in [0.25, 0.3) is 0 Å². The molecular weight excluding hydrogens is 1540 g/mol. The molecule has 0 spiro atoms. The Morgan fingerprint density at radius 1 is 0.429 bits per heavy atom. The third-order valence-corrected chi connectivity index (χ3v) is 23.8. The number of likely N-dealkylation sites (tertiary alicyclic amines) is 2. The molecule has 0 saturated carbocycles. The highest BCUT2D eigenvalue weighted by molar-refractivity contribution is 6.06. The lowest BCUT2D eigenvalue weighted by Crippen LogP contribution is -2.46. The quantitative estimate of drug-likeness (QED) is 0.0149. The van der Waals surface area contributed by atoms with E-state index < -0.39 is 179 Å². The maximum absolute atomic E-state index is 15.0. The third kappa shape index (κ3) is 28.6. The van der Waals surface area contributed by atoms with E-state index in [1.54, 1.807) is 43.3 Å². The Balaban J connectivity index is 1.41. The highest BCUT2D eigenvalue weighted by atomic mass is 16.6. The van der Waals surface area contributed by atoms with Gasteiger partial charge >= 0.3 is 35.8 Å². The van der Waals surface area contributed by atoms with Crippen molar-refractivity contribution in [2.75, 3.05) is 127 Å². The summed E-state index contributed by atoms with van der Waals surface area (Å²) in [6.45, 7) is 8.98. The molecule has 0 aromatic heterocycles. The molecule has 0 bridgehead atoms.